The lowest BCUT2D eigenvalue weighted by Crippen LogP contribution is -2.36. The molecule has 0 aliphatic rings. The lowest BCUT2D eigenvalue weighted by molar-refractivity contribution is 0.572. The summed E-state index contributed by atoms with van der Waals surface area (Å²) in [6.45, 7) is 7.73. The van der Waals surface area contributed by atoms with Gasteiger partial charge in [0, 0.05) is 13.1 Å². The van der Waals surface area contributed by atoms with Gasteiger partial charge in [0.2, 0.25) is 0 Å². The van der Waals surface area contributed by atoms with Crippen LogP contribution in [0.15, 0.2) is 12.2 Å². The van der Waals surface area contributed by atoms with Crippen molar-refractivity contribution in [1.82, 2.24) is 9.44 Å². The Morgan fingerprint density at radius 3 is 2.36 bits per heavy atom. The second-order valence-electron chi connectivity index (χ2n) is 2.28. The molecule has 0 fully saturated rings. The number of nitrogens with one attached hydrogen (secondary N) is 2. The second kappa shape index (κ2) is 4.48. The largest absolute Gasteiger partial charge is 0.277 e. The van der Waals surface area contributed by atoms with Crippen LogP contribution in [0.25, 0.3) is 0 Å². The highest BCUT2D eigenvalue weighted by atomic mass is 32.2. The maximum atomic E-state index is 10.9. The maximum Gasteiger partial charge on any atom is 0.277 e. The van der Waals surface area contributed by atoms with E-state index in [4.69, 9.17) is 0 Å². The molecule has 0 aliphatic heterocycles. The molecule has 5 heteroatoms. The Labute approximate surface area is 67.9 Å². The van der Waals surface area contributed by atoms with E-state index >= 15 is 0 Å². The topological polar surface area (TPSA) is 58.2 Å². The van der Waals surface area contributed by atoms with E-state index in [-0.39, 0.29) is 6.54 Å². The first-order valence-corrected chi connectivity index (χ1v) is 4.85. The van der Waals surface area contributed by atoms with Crippen LogP contribution in [0.4, 0.5) is 0 Å². The minimum Gasteiger partial charge on any atom is -0.203 e. The Hall–Kier alpha value is -0.390. The lowest BCUT2D eigenvalue weighted by atomic mass is 10.4. The third kappa shape index (κ3) is 6.03. The minimum atomic E-state index is -3.29. The van der Waals surface area contributed by atoms with Crippen LogP contribution < -0.4 is 9.44 Å². The van der Waals surface area contributed by atoms with E-state index in [1.165, 1.54) is 0 Å². The third-order valence-electron chi connectivity index (χ3n) is 0.898. The molecule has 66 valence electrons. The SMILES string of the molecule is C=C(C)CNS(=O)(=O)NCC. The molecular formula is C6H14N2O2S. The summed E-state index contributed by atoms with van der Waals surface area (Å²) in [6, 6.07) is 0. The van der Waals surface area contributed by atoms with Crippen molar-refractivity contribution in [3.8, 4) is 0 Å². The zero-order valence-electron chi connectivity index (χ0n) is 6.85. The molecule has 0 rings (SSSR count). The van der Waals surface area contributed by atoms with Crippen LogP contribution >= 0.6 is 0 Å². The molecular weight excluding hydrogens is 164 g/mol. The van der Waals surface area contributed by atoms with Crippen molar-refractivity contribution in [2.75, 3.05) is 13.1 Å². The van der Waals surface area contributed by atoms with Gasteiger partial charge in [0.1, 0.15) is 0 Å². The first-order chi connectivity index (χ1) is 4.98. The first kappa shape index (κ1) is 10.6. The number of hydrogen-bond donors (Lipinski definition) is 2. The summed E-state index contributed by atoms with van der Waals surface area (Å²) in [5.74, 6) is 0. The second-order valence-corrected chi connectivity index (χ2v) is 3.86. The predicted molar refractivity (Wildman–Crippen MR) is 45.4 cm³/mol. The summed E-state index contributed by atoms with van der Waals surface area (Å²) < 4.78 is 26.4. The Kier molecular flexibility index (Phi) is 4.32. The highest BCUT2D eigenvalue weighted by Crippen LogP contribution is 1.83. The monoisotopic (exact) mass is 178 g/mol. The van der Waals surface area contributed by atoms with Crippen LogP contribution in [0.3, 0.4) is 0 Å². The van der Waals surface area contributed by atoms with E-state index in [9.17, 15) is 8.42 Å². The molecule has 0 saturated heterocycles. The quantitative estimate of drug-likeness (QED) is 0.582. The lowest BCUT2D eigenvalue weighted by Gasteiger charge is -2.04. The van der Waals surface area contributed by atoms with Gasteiger partial charge in [-0.25, -0.2) is 4.72 Å². The summed E-state index contributed by atoms with van der Waals surface area (Å²) in [5.41, 5.74) is 0.784. The van der Waals surface area contributed by atoms with Crippen molar-refractivity contribution in [2.24, 2.45) is 0 Å². The summed E-state index contributed by atoms with van der Waals surface area (Å²) in [6.07, 6.45) is 0. The molecule has 11 heavy (non-hydrogen) atoms. The van der Waals surface area contributed by atoms with E-state index in [0.717, 1.165) is 5.57 Å². The Balaban J connectivity index is 3.84. The van der Waals surface area contributed by atoms with Gasteiger partial charge in [-0.05, 0) is 6.92 Å². The van der Waals surface area contributed by atoms with Crippen LogP contribution in [0.2, 0.25) is 0 Å². The molecule has 0 unspecified atom stereocenters. The third-order valence-corrected chi connectivity index (χ3v) is 2.09. The molecule has 0 aromatic rings. The predicted octanol–water partition coefficient (Wildman–Crippen LogP) is 0.00640. The Bertz CT molecular complexity index is 221. The summed E-state index contributed by atoms with van der Waals surface area (Å²) in [5, 5.41) is 0. The van der Waals surface area contributed by atoms with E-state index in [2.05, 4.69) is 16.0 Å². The standard InChI is InChI=1S/C6H14N2O2S/c1-4-7-11(9,10)8-5-6(2)3/h7-8H,2,4-5H2,1,3H3. The molecule has 0 atom stereocenters. The Morgan fingerprint density at radius 2 is 2.00 bits per heavy atom. The van der Waals surface area contributed by atoms with Crippen LogP contribution in [0, 0.1) is 0 Å². The van der Waals surface area contributed by atoms with Gasteiger partial charge in [-0.2, -0.15) is 13.1 Å². The van der Waals surface area contributed by atoms with Crippen LogP contribution in [0.5, 0.6) is 0 Å². The normalized spacial score (nSPS) is 11.5. The molecule has 0 radical (unpaired) electrons. The van der Waals surface area contributed by atoms with Gasteiger partial charge < -0.3 is 0 Å². The highest BCUT2D eigenvalue weighted by molar-refractivity contribution is 7.87. The van der Waals surface area contributed by atoms with Crippen molar-refractivity contribution in [3.63, 3.8) is 0 Å². The van der Waals surface area contributed by atoms with Crippen LogP contribution in [-0.2, 0) is 10.2 Å². The van der Waals surface area contributed by atoms with Crippen molar-refractivity contribution >= 4 is 10.2 Å². The van der Waals surface area contributed by atoms with Gasteiger partial charge in [-0.15, -0.1) is 0 Å². The molecule has 0 saturated carbocycles. The summed E-state index contributed by atoms with van der Waals surface area (Å²) >= 11 is 0. The summed E-state index contributed by atoms with van der Waals surface area (Å²) in [7, 11) is -3.29. The van der Waals surface area contributed by atoms with Crippen LogP contribution in [0.1, 0.15) is 13.8 Å². The molecule has 0 aliphatic carbocycles. The molecule has 0 aromatic heterocycles. The van der Waals surface area contributed by atoms with Crippen molar-refractivity contribution in [3.05, 3.63) is 12.2 Å². The molecule has 0 aromatic carbocycles. The van der Waals surface area contributed by atoms with Gasteiger partial charge in [-0.1, -0.05) is 19.1 Å². The van der Waals surface area contributed by atoms with E-state index in [0.29, 0.717) is 6.54 Å². The fourth-order valence-corrected chi connectivity index (χ4v) is 1.38. The van der Waals surface area contributed by atoms with Gasteiger partial charge in [-0.3, -0.25) is 0 Å². The zero-order chi connectivity index (χ0) is 8.91. The molecule has 2 N–H and O–H groups in total. The van der Waals surface area contributed by atoms with Crippen LogP contribution in [-0.4, -0.2) is 21.5 Å². The van der Waals surface area contributed by atoms with E-state index in [1.807, 2.05) is 0 Å². The molecule has 0 heterocycles. The number of rotatable bonds is 5. The highest BCUT2D eigenvalue weighted by Gasteiger charge is 2.04. The smallest absolute Gasteiger partial charge is 0.203 e. The number of hydrogen-bond acceptors (Lipinski definition) is 2. The first-order valence-electron chi connectivity index (χ1n) is 3.36. The van der Waals surface area contributed by atoms with Gasteiger partial charge in [0.05, 0.1) is 0 Å². The van der Waals surface area contributed by atoms with Crippen molar-refractivity contribution < 1.29 is 8.42 Å². The van der Waals surface area contributed by atoms with Crippen molar-refractivity contribution in [2.45, 2.75) is 13.8 Å². The maximum absolute atomic E-state index is 10.9. The van der Waals surface area contributed by atoms with Gasteiger partial charge in [0.15, 0.2) is 0 Å². The molecule has 0 bridgehead atoms. The van der Waals surface area contributed by atoms with Gasteiger partial charge in [0.25, 0.3) is 10.2 Å². The fraction of sp³-hybridized carbons (Fsp3) is 0.667. The molecule has 4 nitrogen and oxygen atoms in total. The fourth-order valence-electron chi connectivity index (χ4n) is 0.459. The Morgan fingerprint density at radius 1 is 1.45 bits per heavy atom. The van der Waals surface area contributed by atoms with E-state index in [1.54, 1.807) is 13.8 Å². The zero-order valence-corrected chi connectivity index (χ0v) is 7.66. The molecule has 0 spiro atoms. The average molecular weight is 178 g/mol. The van der Waals surface area contributed by atoms with Gasteiger partial charge >= 0.3 is 0 Å². The summed E-state index contributed by atoms with van der Waals surface area (Å²) in [4.78, 5) is 0. The minimum absolute atomic E-state index is 0.287. The van der Waals surface area contributed by atoms with E-state index < -0.39 is 10.2 Å². The average Bonchev–Trinajstić information content (AvgIpc) is 1.84. The molecule has 0 amide bonds. The van der Waals surface area contributed by atoms with Crippen molar-refractivity contribution in [1.29, 1.82) is 0 Å².